The van der Waals surface area contributed by atoms with Gasteiger partial charge < -0.3 is 16.0 Å². The highest BCUT2D eigenvalue weighted by Crippen LogP contribution is 2.15. The van der Waals surface area contributed by atoms with Gasteiger partial charge >= 0.3 is 0 Å². The molecule has 29 heavy (non-hydrogen) atoms. The summed E-state index contributed by atoms with van der Waals surface area (Å²) in [7, 11) is 0. The smallest absolute Gasteiger partial charge is 0.251 e. The maximum atomic E-state index is 12.3. The molecule has 0 aliphatic rings. The largest absolute Gasteiger partial charge is 0.368 e. The third-order valence-corrected chi connectivity index (χ3v) is 4.63. The van der Waals surface area contributed by atoms with Crippen LogP contribution in [-0.2, 0) is 0 Å². The van der Waals surface area contributed by atoms with Crippen molar-refractivity contribution in [1.29, 1.82) is 0 Å². The van der Waals surface area contributed by atoms with Crippen LogP contribution < -0.4 is 16.0 Å². The topological polar surface area (TPSA) is 118 Å². The Bertz CT molecular complexity index is 1150. The summed E-state index contributed by atoms with van der Waals surface area (Å²) in [5.41, 5.74) is 3.19. The average molecular weight is 406 g/mol. The molecule has 0 atom stereocenters. The van der Waals surface area contributed by atoms with E-state index in [4.69, 9.17) is 0 Å². The van der Waals surface area contributed by atoms with Crippen LogP contribution in [0.1, 0.15) is 15.9 Å². The number of amides is 1. The van der Waals surface area contributed by atoms with Crippen molar-refractivity contribution in [1.82, 2.24) is 29.0 Å². The van der Waals surface area contributed by atoms with E-state index in [1.807, 2.05) is 19.1 Å². The fourth-order valence-corrected chi connectivity index (χ4v) is 3.17. The molecule has 0 saturated carbocycles. The summed E-state index contributed by atoms with van der Waals surface area (Å²) < 4.78 is 8.29. The van der Waals surface area contributed by atoms with Crippen LogP contribution in [0, 0.1) is 6.92 Å². The van der Waals surface area contributed by atoms with Crippen LogP contribution in [0.5, 0.6) is 0 Å². The second-order valence-corrected chi connectivity index (χ2v) is 6.81. The fourth-order valence-electron chi connectivity index (χ4n) is 2.65. The highest BCUT2D eigenvalue weighted by Gasteiger charge is 2.08. The highest BCUT2D eigenvalue weighted by molar-refractivity contribution is 7.00. The number of rotatable bonds is 7. The molecule has 0 fully saturated rings. The maximum Gasteiger partial charge on any atom is 0.251 e. The molecule has 4 rings (SSSR count). The molecule has 0 saturated heterocycles. The molecule has 3 heterocycles. The molecule has 3 N–H and O–H groups in total. The van der Waals surface area contributed by atoms with E-state index in [-0.39, 0.29) is 5.91 Å². The van der Waals surface area contributed by atoms with E-state index in [2.05, 4.69) is 39.6 Å². The highest BCUT2D eigenvalue weighted by atomic mass is 32.1. The van der Waals surface area contributed by atoms with Crippen LogP contribution >= 0.6 is 11.7 Å². The molecule has 4 aromatic rings. The van der Waals surface area contributed by atoms with Crippen molar-refractivity contribution >= 4 is 46.1 Å². The SMILES string of the molecule is Cc1ccnc(Nc2cc(NCCNC(=O)c3ccc4nsnc4c3)ncn2)c1. The zero-order valence-electron chi connectivity index (χ0n) is 15.6. The monoisotopic (exact) mass is 406 g/mol. The third-order valence-electron chi connectivity index (χ3n) is 4.07. The van der Waals surface area contributed by atoms with E-state index in [1.165, 1.54) is 6.33 Å². The standard InChI is InChI=1S/C19H18N8OS/c1-12-4-5-20-17(8-12)25-18-10-16(23-11-24-18)21-6-7-22-19(28)13-2-3-14-15(9-13)27-29-26-14/h2-5,8-11H,6-7H2,1H3,(H,22,28)(H2,20,21,23,24,25). The maximum absolute atomic E-state index is 12.3. The first kappa shape index (κ1) is 18.7. The number of aryl methyl sites for hydroxylation is 1. The summed E-state index contributed by atoms with van der Waals surface area (Å²) >= 11 is 1.13. The minimum absolute atomic E-state index is 0.155. The predicted molar refractivity (Wildman–Crippen MR) is 113 cm³/mol. The van der Waals surface area contributed by atoms with Gasteiger partial charge in [0.2, 0.25) is 0 Å². The Balaban J connectivity index is 1.28. The van der Waals surface area contributed by atoms with Crippen molar-refractivity contribution in [2.75, 3.05) is 23.7 Å². The summed E-state index contributed by atoms with van der Waals surface area (Å²) in [4.78, 5) is 24.9. The van der Waals surface area contributed by atoms with Crippen LogP contribution in [0.3, 0.4) is 0 Å². The molecule has 0 aliphatic carbocycles. The molecule has 0 spiro atoms. The predicted octanol–water partition coefficient (Wildman–Crippen LogP) is 2.77. The Morgan fingerprint density at radius 2 is 1.76 bits per heavy atom. The first-order chi connectivity index (χ1) is 14.2. The summed E-state index contributed by atoms with van der Waals surface area (Å²) in [5, 5.41) is 9.18. The number of hydrogen-bond acceptors (Lipinski definition) is 9. The molecular formula is C19H18N8OS. The molecular weight excluding hydrogens is 388 g/mol. The van der Waals surface area contributed by atoms with Crippen LogP contribution in [0.25, 0.3) is 11.0 Å². The van der Waals surface area contributed by atoms with Gasteiger partial charge in [0, 0.05) is 30.9 Å². The minimum Gasteiger partial charge on any atom is -0.368 e. The van der Waals surface area contributed by atoms with Gasteiger partial charge in [-0.1, -0.05) is 0 Å². The fraction of sp³-hybridized carbons (Fsp3) is 0.158. The van der Waals surface area contributed by atoms with Gasteiger partial charge in [-0.05, 0) is 42.8 Å². The summed E-state index contributed by atoms with van der Waals surface area (Å²) in [6.07, 6.45) is 3.21. The van der Waals surface area contributed by atoms with Gasteiger partial charge in [0.25, 0.3) is 5.91 Å². The second-order valence-electron chi connectivity index (χ2n) is 6.28. The molecule has 1 amide bonds. The Labute approximate surface area is 171 Å². The minimum atomic E-state index is -0.155. The molecule has 0 radical (unpaired) electrons. The number of fused-ring (bicyclic) bond motifs is 1. The van der Waals surface area contributed by atoms with Crippen molar-refractivity contribution in [3.05, 3.63) is 60.0 Å². The zero-order chi connectivity index (χ0) is 20.1. The van der Waals surface area contributed by atoms with Gasteiger partial charge in [-0.25, -0.2) is 15.0 Å². The van der Waals surface area contributed by atoms with Crippen LogP contribution in [0.15, 0.2) is 48.9 Å². The first-order valence-electron chi connectivity index (χ1n) is 8.93. The molecule has 0 bridgehead atoms. The van der Waals surface area contributed by atoms with Gasteiger partial charge in [0.1, 0.15) is 34.8 Å². The quantitative estimate of drug-likeness (QED) is 0.401. The number of carbonyl (C=O) groups is 1. The zero-order valence-corrected chi connectivity index (χ0v) is 16.4. The van der Waals surface area contributed by atoms with Gasteiger partial charge in [-0.3, -0.25) is 4.79 Å². The van der Waals surface area contributed by atoms with Crippen LogP contribution in [0.4, 0.5) is 17.5 Å². The molecule has 146 valence electrons. The number of benzene rings is 1. The first-order valence-corrected chi connectivity index (χ1v) is 9.66. The van der Waals surface area contributed by atoms with Gasteiger partial charge in [-0.15, -0.1) is 0 Å². The van der Waals surface area contributed by atoms with Gasteiger partial charge in [0.05, 0.1) is 11.7 Å². The van der Waals surface area contributed by atoms with Crippen molar-refractivity contribution in [2.45, 2.75) is 6.92 Å². The number of hydrogen-bond donors (Lipinski definition) is 3. The van der Waals surface area contributed by atoms with E-state index in [0.29, 0.717) is 36.1 Å². The van der Waals surface area contributed by atoms with Crippen molar-refractivity contribution in [2.24, 2.45) is 0 Å². The molecule has 0 aliphatic heterocycles. The van der Waals surface area contributed by atoms with E-state index < -0.39 is 0 Å². The number of aromatic nitrogens is 5. The second kappa shape index (κ2) is 8.57. The van der Waals surface area contributed by atoms with Crippen LogP contribution in [0.2, 0.25) is 0 Å². The van der Waals surface area contributed by atoms with E-state index >= 15 is 0 Å². The summed E-state index contributed by atoms with van der Waals surface area (Å²) in [6, 6.07) is 10.9. The van der Waals surface area contributed by atoms with E-state index in [1.54, 1.807) is 30.5 Å². The Kier molecular flexibility index (Phi) is 5.52. The molecule has 1 aromatic carbocycles. The van der Waals surface area contributed by atoms with Gasteiger partial charge in [-0.2, -0.15) is 8.75 Å². The normalized spacial score (nSPS) is 10.7. The summed E-state index contributed by atoms with van der Waals surface area (Å²) in [6.45, 7) is 2.96. The number of carbonyl (C=O) groups excluding carboxylic acids is 1. The Morgan fingerprint density at radius 3 is 2.66 bits per heavy atom. The van der Waals surface area contributed by atoms with Crippen molar-refractivity contribution < 1.29 is 4.79 Å². The molecule has 9 nitrogen and oxygen atoms in total. The average Bonchev–Trinajstić information content (AvgIpc) is 3.19. The Hall–Kier alpha value is -3.66. The molecule has 0 unspecified atom stereocenters. The summed E-state index contributed by atoms with van der Waals surface area (Å²) in [5.74, 6) is 1.85. The lowest BCUT2D eigenvalue weighted by atomic mass is 10.2. The lowest BCUT2D eigenvalue weighted by Crippen LogP contribution is -2.28. The lowest BCUT2D eigenvalue weighted by Gasteiger charge is -2.09. The van der Waals surface area contributed by atoms with E-state index in [0.717, 1.165) is 28.3 Å². The van der Waals surface area contributed by atoms with Crippen molar-refractivity contribution in [3.8, 4) is 0 Å². The molecule has 10 heteroatoms. The number of nitrogens with one attached hydrogen (secondary N) is 3. The molecule has 3 aromatic heterocycles. The van der Waals surface area contributed by atoms with Gasteiger partial charge in [0.15, 0.2) is 0 Å². The lowest BCUT2D eigenvalue weighted by molar-refractivity contribution is 0.0955. The number of pyridine rings is 1. The van der Waals surface area contributed by atoms with E-state index in [9.17, 15) is 4.79 Å². The Morgan fingerprint density at radius 1 is 0.931 bits per heavy atom. The number of anilines is 3. The third kappa shape index (κ3) is 4.79. The van der Waals surface area contributed by atoms with Crippen LogP contribution in [-0.4, -0.2) is 42.7 Å². The number of nitrogens with zero attached hydrogens (tertiary/aromatic N) is 5. The van der Waals surface area contributed by atoms with Crippen molar-refractivity contribution in [3.63, 3.8) is 0 Å².